The van der Waals surface area contributed by atoms with Gasteiger partial charge in [0, 0.05) is 31.5 Å². The van der Waals surface area contributed by atoms with Gasteiger partial charge in [-0.15, -0.1) is 0 Å². The highest BCUT2D eigenvalue weighted by Crippen LogP contribution is 2.27. The van der Waals surface area contributed by atoms with Gasteiger partial charge in [-0.3, -0.25) is 0 Å². The molecule has 4 N–H and O–H groups in total. The number of rotatable bonds is 7. The first-order valence-electron chi connectivity index (χ1n) is 7.65. The number of nitrogens with one attached hydrogen (secondary N) is 2. The van der Waals surface area contributed by atoms with Crippen molar-refractivity contribution < 1.29 is 8.78 Å². The Morgan fingerprint density at radius 2 is 2.00 bits per heavy atom. The third-order valence-corrected chi connectivity index (χ3v) is 3.51. The van der Waals surface area contributed by atoms with Gasteiger partial charge >= 0.3 is 0 Å². The summed E-state index contributed by atoms with van der Waals surface area (Å²) >= 11 is 0. The van der Waals surface area contributed by atoms with E-state index in [1.54, 1.807) is 12.5 Å². The van der Waals surface area contributed by atoms with Crippen LogP contribution in [0.5, 0.6) is 0 Å². The second-order valence-electron chi connectivity index (χ2n) is 5.31. The summed E-state index contributed by atoms with van der Waals surface area (Å²) in [6, 6.07) is 3.22. The average molecular weight is 345 g/mol. The van der Waals surface area contributed by atoms with Gasteiger partial charge in [-0.2, -0.15) is 0 Å². The molecule has 2 heterocycles. The van der Waals surface area contributed by atoms with E-state index in [1.807, 2.05) is 10.8 Å². The first kappa shape index (κ1) is 16.6. The van der Waals surface area contributed by atoms with Crippen LogP contribution in [0.4, 0.5) is 31.8 Å². The quantitative estimate of drug-likeness (QED) is 0.570. The topological polar surface area (TPSA) is 93.7 Å². The van der Waals surface area contributed by atoms with Gasteiger partial charge in [0.25, 0.3) is 0 Å². The number of nitrogens with two attached hydrogens (primary N) is 1. The maximum Gasteiger partial charge on any atom is 0.159 e. The van der Waals surface area contributed by atoms with E-state index in [1.165, 1.54) is 12.4 Å². The minimum absolute atomic E-state index is 0.0813. The van der Waals surface area contributed by atoms with E-state index < -0.39 is 11.6 Å². The van der Waals surface area contributed by atoms with E-state index in [0.29, 0.717) is 12.4 Å². The van der Waals surface area contributed by atoms with Crippen molar-refractivity contribution in [3.8, 4) is 0 Å². The molecular weight excluding hydrogens is 328 g/mol. The second kappa shape index (κ2) is 7.56. The Hall–Kier alpha value is -3.23. The molecule has 0 saturated heterocycles. The molecule has 0 unspecified atom stereocenters. The molecule has 0 spiro atoms. The van der Waals surface area contributed by atoms with E-state index >= 15 is 0 Å². The van der Waals surface area contributed by atoms with E-state index in [4.69, 9.17) is 5.73 Å². The van der Waals surface area contributed by atoms with Gasteiger partial charge in [-0.25, -0.2) is 23.7 Å². The minimum Gasteiger partial charge on any atom is -0.393 e. The molecule has 3 rings (SSSR count). The smallest absolute Gasteiger partial charge is 0.159 e. The van der Waals surface area contributed by atoms with E-state index in [0.717, 1.165) is 25.1 Å². The summed E-state index contributed by atoms with van der Waals surface area (Å²) < 4.78 is 28.7. The van der Waals surface area contributed by atoms with Crippen LogP contribution in [0.25, 0.3) is 0 Å². The largest absolute Gasteiger partial charge is 0.393 e. The average Bonchev–Trinajstić information content (AvgIpc) is 3.10. The summed E-state index contributed by atoms with van der Waals surface area (Å²) in [6.45, 7) is 1.45. The third kappa shape index (κ3) is 4.19. The summed E-state index contributed by atoms with van der Waals surface area (Å²) in [5.41, 5.74) is 6.37. The van der Waals surface area contributed by atoms with Crippen LogP contribution < -0.4 is 16.4 Å². The molecule has 0 atom stereocenters. The first-order chi connectivity index (χ1) is 12.1. The van der Waals surface area contributed by atoms with Crippen molar-refractivity contribution in [2.75, 3.05) is 22.9 Å². The van der Waals surface area contributed by atoms with Gasteiger partial charge in [0.2, 0.25) is 0 Å². The molecule has 0 saturated carbocycles. The number of nitrogen functional groups attached to an aromatic ring is 1. The van der Waals surface area contributed by atoms with Crippen molar-refractivity contribution in [2.24, 2.45) is 0 Å². The fraction of sp³-hybridized carbons (Fsp3) is 0.188. The standard InChI is InChI=1S/C16H17F2N7/c17-11-2-3-13(12(18)8-11)24-16-14(19)15(22-9-23-16)21-4-1-6-25-7-5-20-10-25/h2-3,5,7-10H,1,4,6,19H2,(H2,21,22,23,24). The number of imidazole rings is 1. The monoisotopic (exact) mass is 345 g/mol. The molecular formula is C16H17F2N7. The van der Waals surface area contributed by atoms with Crippen LogP contribution >= 0.6 is 0 Å². The number of hydrogen-bond donors (Lipinski definition) is 3. The molecule has 0 aliphatic heterocycles. The molecule has 1 aromatic carbocycles. The van der Waals surface area contributed by atoms with Crippen LogP contribution in [0.1, 0.15) is 6.42 Å². The van der Waals surface area contributed by atoms with Gasteiger partial charge in [0.15, 0.2) is 11.6 Å². The summed E-state index contributed by atoms with van der Waals surface area (Å²) in [4.78, 5) is 12.1. The van der Waals surface area contributed by atoms with Crippen LogP contribution in [0.2, 0.25) is 0 Å². The van der Waals surface area contributed by atoms with Crippen molar-refractivity contribution in [1.82, 2.24) is 19.5 Å². The maximum atomic E-state index is 13.7. The van der Waals surface area contributed by atoms with E-state index in [9.17, 15) is 8.78 Å². The summed E-state index contributed by atoms with van der Waals surface area (Å²) in [7, 11) is 0. The fourth-order valence-electron chi connectivity index (χ4n) is 2.24. The SMILES string of the molecule is Nc1c(NCCCn2ccnc2)ncnc1Nc1ccc(F)cc1F. The summed E-state index contributed by atoms with van der Waals surface area (Å²) in [6.07, 6.45) is 7.52. The number of nitrogens with zero attached hydrogens (tertiary/aromatic N) is 4. The number of anilines is 4. The minimum atomic E-state index is -0.729. The molecule has 0 bridgehead atoms. The van der Waals surface area contributed by atoms with Crippen LogP contribution in [-0.4, -0.2) is 26.1 Å². The molecule has 130 valence electrons. The Balaban J connectivity index is 1.63. The van der Waals surface area contributed by atoms with Crippen LogP contribution in [0.3, 0.4) is 0 Å². The summed E-state index contributed by atoms with van der Waals surface area (Å²) in [5.74, 6) is -0.685. The molecule has 9 heteroatoms. The lowest BCUT2D eigenvalue weighted by Crippen LogP contribution is -2.11. The molecule has 2 aromatic heterocycles. The van der Waals surface area contributed by atoms with Gasteiger partial charge in [0.1, 0.15) is 23.6 Å². The Morgan fingerprint density at radius 1 is 1.16 bits per heavy atom. The summed E-state index contributed by atoms with van der Waals surface area (Å²) in [5, 5.41) is 5.87. The Kier molecular flexibility index (Phi) is 5.03. The highest BCUT2D eigenvalue weighted by atomic mass is 19.1. The highest BCUT2D eigenvalue weighted by Gasteiger charge is 2.10. The number of halogens is 2. The predicted molar refractivity (Wildman–Crippen MR) is 91.4 cm³/mol. The Labute approximate surface area is 142 Å². The number of hydrogen-bond acceptors (Lipinski definition) is 6. The van der Waals surface area contributed by atoms with Crippen molar-refractivity contribution in [3.63, 3.8) is 0 Å². The normalized spacial score (nSPS) is 10.6. The van der Waals surface area contributed by atoms with Gasteiger partial charge in [0.05, 0.1) is 12.0 Å². The van der Waals surface area contributed by atoms with Gasteiger partial charge in [-0.1, -0.05) is 0 Å². The second-order valence-corrected chi connectivity index (χ2v) is 5.31. The molecule has 0 radical (unpaired) electrons. The van der Waals surface area contributed by atoms with Crippen molar-refractivity contribution in [2.45, 2.75) is 13.0 Å². The van der Waals surface area contributed by atoms with Crippen molar-refractivity contribution in [3.05, 3.63) is 54.9 Å². The maximum absolute atomic E-state index is 13.7. The molecule has 0 aliphatic carbocycles. The van der Waals surface area contributed by atoms with Gasteiger partial charge in [-0.05, 0) is 18.6 Å². The van der Waals surface area contributed by atoms with Crippen LogP contribution in [0, 0.1) is 11.6 Å². The Bertz CT molecular complexity index is 837. The lowest BCUT2D eigenvalue weighted by Gasteiger charge is -2.13. The number of benzene rings is 1. The molecule has 0 fully saturated rings. The predicted octanol–water partition coefficient (Wildman–Crippen LogP) is 2.78. The van der Waals surface area contributed by atoms with Crippen molar-refractivity contribution in [1.29, 1.82) is 0 Å². The first-order valence-corrected chi connectivity index (χ1v) is 7.65. The highest BCUT2D eigenvalue weighted by molar-refractivity contribution is 5.77. The zero-order valence-corrected chi connectivity index (χ0v) is 13.3. The molecule has 0 aliphatic rings. The van der Waals surface area contributed by atoms with E-state index in [-0.39, 0.29) is 17.2 Å². The molecule has 7 nitrogen and oxygen atoms in total. The molecule has 3 aromatic rings. The van der Waals surface area contributed by atoms with Gasteiger partial charge < -0.3 is 20.9 Å². The number of aryl methyl sites for hydroxylation is 1. The fourth-order valence-corrected chi connectivity index (χ4v) is 2.24. The van der Waals surface area contributed by atoms with Crippen LogP contribution in [-0.2, 0) is 6.54 Å². The molecule has 0 amide bonds. The molecule has 25 heavy (non-hydrogen) atoms. The Morgan fingerprint density at radius 3 is 2.76 bits per heavy atom. The lowest BCUT2D eigenvalue weighted by atomic mass is 10.3. The number of aromatic nitrogens is 4. The lowest BCUT2D eigenvalue weighted by molar-refractivity contribution is 0.586. The third-order valence-electron chi connectivity index (χ3n) is 3.51. The van der Waals surface area contributed by atoms with E-state index in [2.05, 4.69) is 25.6 Å². The van der Waals surface area contributed by atoms with Crippen LogP contribution in [0.15, 0.2) is 43.2 Å². The van der Waals surface area contributed by atoms with Crippen molar-refractivity contribution >= 4 is 23.0 Å². The zero-order valence-electron chi connectivity index (χ0n) is 13.3. The zero-order chi connectivity index (χ0) is 17.6.